The topological polar surface area (TPSA) is 24.1 Å². The summed E-state index contributed by atoms with van der Waals surface area (Å²) < 4.78 is 0. The molecule has 0 radical (unpaired) electrons. The van der Waals surface area contributed by atoms with Gasteiger partial charge in [-0.15, -0.1) is 0 Å². The molecule has 0 bridgehead atoms. The second-order valence-corrected chi connectivity index (χ2v) is 5.20. The van der Waals surface area contributed by atoms with Crippen molar-refractivity contribution in [1.29, 1.82) is 0 Å². The molecule has 0 saturated carbocycles. The van der Waals surface area contributed by atoms with Gasteiger partial charge in [-0.25, -0.2) is 0 Å². The van der Waals surface area contributed by atoms with Crippen molar-refractivity contribution in [2.45, 2.75) is 25.0 Å². The Morgan fingerprint density at radius 2 is 1.37 bits per heavy atom. The Bertz CT molecular complexity index is 448. The van der Waals surface area contributed by atoms with Gasteiger partial charge in [0.15, 0.2) is 0 Å². The van der Waals surface area contributed by atoms with Crippen molar-refractivity contribution in [2.75, 3.05) is 6.54 Å². The SMILES string of the molecule is c1ccc(CC2NC[C@@H](Cc3ccccc3)N2)cc1. The maximum atomic E-state index is 3.68. The lowest BCUT2D eigenvalue weighted by Gasteiger charge is -2.13. The van der Waals surface area contributed by atoms with Crippen LogP contribution in [0.1, 0.15) is 11.1 Å². The van der Waals surface area contributed by atoms with Gasteiger partial charge < -0.3 is 5.32 Å². The highest BCUT2D eigenvalue weighted by Crippen LogP contribution is 2.09. The second kappa shape index (κ2) is 6.00. The fourth-order valence-corrected chi connectivity index (χ4v) is 2.70. The molecule has 1 saturated heterocycles. The van der Waals surface area contributed by atoms with Gasteiger partial charge in [-0.1, -0.05) is 60.7 Å². The number of hydrogen-bond donors (Lipinski definition) is 2. The van der Waals surface area contributed by atoms with E-state index in [1.807, 2.05) is 0 Å². The second-order valence-electron chi connectivity index (χ2n) is 5.20. The summed E-state index contributed by atoms with van der Waals surface area (Å²) >= 11 is 0. The summed E-state index contributed by atoms with van der Waals surface area (Å²) in [5.74, 6) is 0. The van der Waals surface area contributed by atoms with E-state index in [2.05, 4.69) is 71.3 Å². The fourth-order valence-electron chi connectivity index (χ4n) is 2.70. The van der Waals surface area contributed by atoms with Crippen LogP contribution in [0.4, 0.5) is 0 Å². The van der Waals surface area contributed by atoms with Crippen molar-refractivity contribution in [2.24, 2.45) is 0 Å². The molecular weight excluding hydrogens is 232 g/mol. The molecule has 98 valence electrons. The summed E-state index contributed by atoms with van der Waals surface area (Å²) in [6, 6.07) is 21.9. The van der Waals surface area contributed by atoms with E-state index in [-0.39, 0.29) is 0 Å². The first-order valence-electron chi connectivity index (χ1n) is 6.97. The Balaban J connectivity index is 1.53. The van der Waals surface area contributed by atoms with Crippen molar-refractivity contribution in [3.63, 3.8) is 0 Å². The molecule has 1 aliphatic heterocycles. The number of benzene rings is 2. The maximum Gasteiger partial charge on any atom is 0.0616 e. The summed E-state index contributed by atoms with van der Waals surface area (Å²) in [7, 11) is 0. The highest BCUT2D eigenvalue weighted by atomic mass is 15.2. The molecule has 2 N–H and O–H groups in total. The Morgan fingerprint density at radius 3 is 2.00 bits per heavy atom. The predicted octanol–water partition coefficient (Wildman–Crippen LogP) is 2.36. The molecule has 2 heteroatoms. The normalized spacial score (nSPS) is 22.5. The molecule has 19 heavy (non-hydrogen) atoms. The van der Waals surface area contributed by atoms with E-state index < -0.39 is 0 Å². The van der Waals surface area contributed by atoms with Crippen LogP contribution in [0.3, 0.4) is 0 Å². The first-order valence-corrected chi connectivity index (χ1v) is 6.97. The maximum absolute atomic E-state index is 3.68. The van der Waals surface area contributed by atoms with Gasteiger partial charge in [0.2, 0.25) is 0 Å². The summed E-state index contributed by atoms with van der Waals surface area (Å²) in [5.41, 5.74) is 2.79. The third kappa shape index (κ3) is 3.43. The molecule has 1 unspecified atom stereocenters. The molecule has 1 aliphatic rings. The van der Waals surface area contributed by atoms with E-state index in [4.69, 9.17) is 0 Å². The van der Waals surface area contributed by atoms with Gasteiger partial charge in [-0.2, -0.15) is 0 Å². The minimum atomic E-state index is 0.399. The van der Waals surface area contributed by atoms with Gasteiger partial charge in [-0.05, 0) is 17.5 Å². The molecule has 0 aromatic heterocycles. The van der Waals surface area contributed by atoms with Gasteiger partial charge in [0.25, 0.3) is 0 Å². The zero-order valence-electron chi connectivity index (χ0n) is 11.0. The van der Waals surface area contributed by atoms with E-state index in [0.717, 1.165) is 19.4 Å². The molecule has 2 aromatic carbocycles. The summed E-state index contributed by atoms with van der Waals surface area (Å²) in [5, 5.41) is 7.24. The van der Waals surface area contributed by atoms with E-state index in [9.17, 15) is 0 Å². The van der Waals surface area contributed by atoms with Crippen molar-refractivity contribution < 1.29 is 0 Å². The molecule has 1 heterocycles. The average molecular weight is 252 g/mol. The van der Waals surface area contributed by atoms with Gasteiger partial charge >= 0.3 is 0 Å². The Labute approximate surface area is 114 Å². The van der Waals surface area contributed by atoms with Crippen LogP contribution < -0.4 is 10.6 Å². The number of hydrogen-bond acceptors (Lipinski definition) is 2. The van der Waals surface area contributed by atoms with Gasteiger partial charge in [-0.3, -0.25) is 5.32 Å². The molecular formula is C17H20N2. The van der Waals surface area contributed by atoms with E-state index >= 15 is 0 Å². The van der Waals surface area contributed by atoms with Gasteiger partial charge in [0, 0.05) is 19.0 Å². The lowest BCUT2D eigenvalue weighted by molar-refractivity contribution is 0.516. The van der Waals surface area contributed by atoms with Crippen molar-refractivity contribution in [1.82, 2.24) is 10.6 Å². The monoisotopic (exact) mass is 252 g/mol. The van der Waals surface area contributed by atoms with Crippen LogP contribution in [0.25, 0.3) is 0 Å². The lowest BCUT2D eigenvalue weighted by atomic mass is 10.1. The standard InChI is InChI=1S/C17H20N2/c1-3-7-14(8-4-1)11-16-13-18-17(19-16)12-15-9-5-2-6-10-15/h1-10,16-19H,11-13H2/t16-,17?/m1/s1. The first-order chi connectivity index (χ1) is 9.40. The third-order valence-electron chi connectivity index (χ3n) is 3.66. The Kier molecular flexibility index (Phi) is 3.92. The molecule has 1 fully saturated rings. The number of rotatable bonds is 4. The fraction of sp³-hybridized carbons (Fsp3) is 0.294. The first kappa shape index (κ1) is 12.4. The van der Waals surface area contributed by atoms with E-state index in [1.54, 1.807) is 0 Å². The Morgan fingerprint density at radius 1 is 0.789 bits per heavy atom. The van der Waals surface area contributed by atoms with Crippen LogP contribution >= 0.6 is 0 Å². The molecule has 0 spiro atoms. The zero-order chi connectivity index (χ0) is 12.9. The minimum absolute atomic E-state index is 0.399. The van der Waals surface area contributed by atoms with Crippen LogP contribution in [0.2, 0.25) is 0 Å². The molecule has 0 amide bonds. The average Bonchev–Trinajstić information content (AvgIpc) is 2.88. The number of nitrogens with one attached hydrogen (secondary N) is 2. The van der Waals surface area contributed by atoms with Gasteiger partial charge in [0.1, 0.15) is 0 Å². The third-order valence-corrected chi connectivity index (χ3v) is 3.66. The van der Waals surface area contributed by atoms with E-state index in [1.165, 1.54) is 11.1 Å². The molecule has 2 nitrogen and oxygen atoms in total. The summed E-state index contributed by atoms with van der Waals surface area (Å²) in [4.78, 5) is 0. The molecule has 3 rings (SSSR count). The summed E-state index contributed by atoms with van der Waals surface area (Å²) in [6.45, 7) is 1.05. The van der Waals surface area contributed by atoms with Crippen LogP contribution in [0.5, 0.6) is 0 Å². The van der Waals surface area contributed by atoms with Crippen molar-refractivity contribution >= 4 is 0 Å². The van der Waals surface area contributed by atoms with Crippen LogP contribution in [-0.2, 0) is 12.8 Å². The Hall–Kier alpha value is -1.64. The van der Waals surface area contributed by atoms with E-state index in [0.29, 0.717) is 12.2 Å². The van der Waals surface area contributed by atoms with Crippen LogP contribution in [0.15, 0.2) is 60.7 Å². The largest absolute Gasteiger partial charge is 0.300 e. The van der Waals surface area contributed by atoms with Crippen LogP contribution in [-0.4, -0.2) is 18.8 Å². The molecule has 0 aliphatic carbocycles. The quantitative estimate of drug-likeness (QED) is 0.873. The smallest absolute Gasteiger partial charge is 0.0616 e. The highest BCUT2D eigenvalue weighted by Gasteiger charge is 2.22. The summed E-state index contributed by atoms with van der Waals surface area (Å²) in [6.07, 6.45) is 2.54. The lowest BCUT2D eigenvalue weighted by Crippen LogP contribution is -2.36. The highest BCUT2D eigenvalue weighted by molar-refractivity contribution is 5.18. The predicted molar refractivity (Wildman–Crippen MR) is 79.0 cm³/mol. The zero-order valence-corrected chi connectivity index (χ0v) is 11.0. The van der Waals surface area contributed by atoms with Crippen molar-refractivity contribution in [3.8, 4) is 0 Å². The minimum Gasteiger partial charge on any atom is -0.300 e. The molecule has 2 atom stereocenters. The van der Waals surface area contributed by atoms with Gasteiger partial charge in [0.05, 0.1) is 6.17 Å². The van der Waals surface area contributed by atoms with Crippen molar-refractivity contribution in [3.05, 3.63) is 71.8 Å². The molecule has 2 aromatic rings. The van der Waals surface area contributed by atoms with Crippen LogP contribution in [0, 0.1) is 0 Å².